The molecule has 1 atom stereocenters. The minimum Gasteiger partial charge on any atom is -0.340 e. The lowest BCUT2D eigenvalue weighted by Gasteiger charge is -2.37. The topological polar surface area (TPSA) is 106 Å². The molecular weight excluding hydrogens is 522 g/mol. The smallest absolute Gasteiger partial charge is 0.332 e. The maximum absolute atomic E-state index is 13.4. The van der Waals surface area contributed by atoms with Crippen LogP contribution in [0.15, 0.2) is 58.1 Å². The van der Waals surface area contributed by atoms with Crippen LogP contribution in [0.1, 0.15) is 23.1 Å². The molecule has 0 bridgehead atoms. The molecule has 2 aliphatic rings. The summed E-state index contributed by atoms with van der Waals surface area (Å²) >= 11 is 0. The molecule has 2 aromatic carbocycles. The molecule has 0 spiro atoms. The number of benzene rings is 2. The van der Waals surface area contributed by atoms with Crippen LogP contribution in [0.3, 0.4) is 0 Å². The van der Waals surface area contributed by atoms with E-state index in [9.17, 15) is 19.2 Å². The molecule has 2 aliphatic heterocycles. The minimum atomic E-state index is -0.511. The third-order valence-electron chi connectivity index (χ3n) is 8.27. The Hall–Kier alpha value is -4.51. The number of amides is 2. The summed E-state index contributed by atoms with van der Waals surface area (Å²) in [6, 6.07) is 15.0. The number of carbonyl (C=O) groups excluding carboxylic acids is 2. The molecule has 2 amide bonds. The molecule has 0 N–H and O–H groups in total. The highest BCUT2D eigenvalue weighted by molar-refractivity contribution is 6.22. The van der Waals surface area contributed by atoms with Crippen molar-refractivity contribution in [3.05, 3.63) is 86.1 Å². The first kappa shape index (κ1) is 26.7. The first-order valence-corrected chi connectivity index (χ1v) is 13.8. The van der Waals surface area contributed by atoms with Gasteiger partial charge >= 0.3 is 5.69 Å². The fourth-order valence-corrected chi connectivity index (χ4v) is 6.02. The molecule has 0 aliphatic carbocycles. The molecule has 2 aromatic heterocycles. The van der Waals surface area contributed by atoms with Crippen molar-refractivity contribution in [2.45, 2.75) is 32.9 Å². The van der Waals surface area contributed by atoms with Gasteiger partial charge in [-0.2, -0.15) is 4.98 Å². The summed E-state index contributed by atoms with van der Waals surface area (Å²) in [7, 11) is 3.10. The Morgan fingerprint density at radius 2 is 1.61 bits per heavy atom. The van der Waals surface area contributed by atoms with Crippen LogP contribution in [0.4, 0.5) is 11.6 Å². The lowest BCUT2D eigenvalue weighted by Crippen LogP contribution is -2.53. The summed E-state index contributed by atoms with van der Waals surface area (Å²) in [6.07, 6.45) is 0.150. The van der Waals surface area contributed by atoms with Crippen LogP contribution in [0.2, 0.25) is 0 Å². The molecule has 41 heavy (non-hydrogen) atoms. The number of anilines is 2. The van der Waals surface area contributed by atoms with Gasteiger partial charge in [0.05, 0.1) is 24.7 Å². The predicted octanol–water partition coefficient (Wildman–Crippen LogP) is 1.55. The van der Waals surface area contributed by atoms with Gasteiger partial charge in [-0.05, 0) is 31.0 Å². The van der Waals surface area contributed by atoms with E-state index in [1.54, 1.807) is 7.05 Å². The number of aromatic nitrogens is 4. The van der Waals surface area contributed by atoms with Crippen molar-refractivity contribution in [3.63, 3.8) is 0 Å². The number of carbonyl (C=O) groups is 2. The van der Waals surface area contributed by atoms with Crippen LogP contribution < -0.4 is 21.0 Å². The fraction of sp³-hybridized carbons (Fsp3) is 0.367. The van der Waals surface area contributed by atoms with Crippen LogP contribution >= 0.6 is 0 Å². The van der Waals surface area contributed by atoms with Crippen molar-refractivity contribution >= 4 is 34.6 Å². The number of piperazine rings is 1. The number of imidazole rings is 1. The van der Waals surface area contributed by atoms with Gasteiger partial charge in [0.25, 0.3) is 11.5 Å². The summed E-state index contributed by atoms with van der Waals surface area (Å²) in [4.78, 5) is 62.7. The van der Waals surface area contributed by atoms with Gasteiger partial charge in [0.15, 0.2) is 11.2 Å². The van der Waals surface area contributed by atoms with E-state index in [-0.39, 0.29) is 23.8 Å². The normalized spacial score (nSPS) is 18.2. The molecule has 0 saturated carbocycles. The maximum Gasteiger partial charge on any atom is 0.332 e. The Balaban J connectivity index is 1.30. The van der Waals surface area contributed by atoms with Crippen LogP contribution in [-0.4, -0.2) is 67.6 Å². The highest BCUT2D eigenvalue weighted by Gasteiger charge is 2.44. The van der Waals surface area contributed by atoms with Gasteiger partial charge < -0.3 is 4.90 Å². The van der Waals surface area contributed by atoms with E-state index in [4.69, 9.17) is 4.98 Å². The molecule has 1 unspecified atom stereocenters. The number of rotatable bonds is 5. The van der Waals surface area contributed by atoms with Gasteiger partial charge in [0, 0.05) is 40.3 Å². The highest BCUT2D eigenvalue weighted by Crippen LogP contribution is 2.30. The number of fused-ring (bicyclic) bond motifs is 1. The van der Waals surface area contributed by atoms with Gasteiger partial charge in [0.2, 0.25) is 11.9 Å². The number of aryl methyl sites for hydroxylation is 3. The monoisotopic (exact) mass is 555 g/mol. The second-order valence-corrected chi connectivity index (χ2v) is 11.0. The van der Waals surface area contributed by atoms with E-state index in [0.29, 0.717) is 55.5 Å². The van der Waals surface area contributed by atoms with E-state index in [2.05, 4.69) is 15.9 Å². The fourth-order valence-electron chi connectivity index (χ4n) is 6.02. The molecule has 212 valence electrons. The minimum absolute atomic E-state index is 0.150. The SMILES string of the molecule is Cc1cccc(Cn2c(N3CCN(C4CC(=O)N(c5ccccc5C)C4=O)CC3)nc3c2c(=O)n(C)c(=O)n3C)c1. The second kappa shape index (κ2) is 10.2. The summed E-state index contributed by atoms with van der Waals surface area (Å²) < 4.78 is 4.42. The Kier molecular flexibility index (Phi) is 6.61. The number of imide groups is 1. The number of para-hydroxylation sites is 1. The highest BCUT2D eigenvalue weighted by atomic mass is 16.2. The largest absolute Gasteiger partial charge is 0.340 e. The Bertz CT molecular complexity index is 1810. The molecule has 2 fully saturated rings. The third-order valence-corrected chi connectivity index (χ3v) is 8.27. The van der Waals surface area contributed by atoms with Crippen LogP contribution in [0.5, 0.6) is 0 Å². The zero-order valence-corrected chi connectivity index (χ0v) is 23.7. The average Bonchev–Trinajstić information content (AvgIpc) is 3.48. The second-order valence-electron chi connectivity index (χ2n) is 11.0. The van der Waals surface area contributed by atoms with Crippen molar-refractivity contribution in [3.8, 4) is 0 Å². The summed E-state index contributed by atoms with van der Waals surface area (Å²) in [5.41, 5.74) is 3.55. The number of nitrogens with zero attached hydrogens (tertiary/aromatic N) is 7. The lowest BCUT2D eigenvalue weighted by atomic mass is 10.1. The Labute approximate surface area is 236 Å². The number of hydrogen-bond acceptors (Lipinski definition) is 7. The van der Waals surface area contributed by atoms with Gasteiger partial charge in [-0.25, -0.2) is 9.69 Å². The molecule has 2 saturated heterocycles. The van der Waals surface area contributed by atoms with Crippen LogP contribution in [-0.2, 0) is 30.2 Å². The molecule has 6 rings (SSSR count). The zero-order chi connectivity index (χ0) is 29.0. The Morgan fingerprint density at radius 3 is 2.32 bits per heavy atom. The summed E-state index contributed by atoms with van der Waals surface area (Å²) in [5.74, 6) is 0.228. The van der Waals surface area contributed by atoms with Crippen molar-refractivity contribution in [2.75, 3.05) is 36.0 Å². The maximum atomic E-state index is 13.4. The molecule has 11 nitrogen and oxygen atoms in total. The Morgan fingerprint density at radius 1 is 0.878 bits per heavy atom. The molecule has 0 radical (unpaired) electrons. The number of hydrogen-bond donors (Lipinski definition) is 0. The van der Waals surface area contributed by atoms with Crippen LogP contribution in [0.25, 0.3) is 11.2 Å². The van der Waals surface area contributed by atoms with Crippen molar-refractivity contribution in [1.29, 1.82) is 0 Å². The molecular formula is C30H33N7O4. The standard InChI is InChI=1S/C30H33N7O4/c1-19-8-7-10-21(16-19)18-36-25-26(32(3)30(41)33(4)28(25)40)31-29(36)35-14-12-34(13-15-35)23-17-24(38)37(27(23)39)22-11-6-5-9-20(22)2/h5-11,16,23H,12-15,17-18H2,1-4H3. The third kappa shape index (κ3) is 4.46. The van der Waals surface area contributed by atoms with E-state index >= 15 is 0 Å². The van der Waals surface area contributed by atoms with Crippen molar-refractivity contribution in [2.24, 2.45) is 14.1 Å². The van der Waals surface area contributed by atoms with E-state index in [0.717, 1.165) is 21.3 Å². The molecule has 4 aromatic rings. The van der Waals surface area contributed by atoms with Crippen molar-refractivity contribution in [1.82, 2.24) is 23.6 Å². The van der Waals surface area contributed by atoms with Gasteiger partial charge in [-0.15, -0.1) is 0 Å². The summed E-state index contributed by atoms with van der Waals surface area (Å²) in [5, 5.41) is 0. The van der Waals surface area contributed by atoms with Crippen molar-refractivity contribution < 1.29 is 9.59 Å². The van der Waals surface area contributed by atoms with E-state index < -0.39 is 11.7 Å². The zero-order valence-electron chi connectivity index (χ0n) is 23.7. The molecule has 11 heteroatoms. The quantitative estimate of drug-likeness (QED) is 0.344. The van der Waals surface area contributed by atoms with Gasteiger partial charge in [-0.3, -0.25) is 33.0 Å². The molecule has 4 heterocycles. The first-order valence-electron chi connectivity index (χ1n) is 13.8. The van der Waals surface area contributed by atoms with Gasteiger partial charge in [0.1, 0.15) is 0 Å². The van der Waals surface area contributed by atoms with E-state index in [1.165, 1.54) is 16.5 Å². The first-order chi connectivity index (χ1) is 19.7. The van der Waals surface area contributed by atoms with Crippen LogP contribution in [0, 0.1) is 13.8 Å². The van der Waals surface area contributed by atoms with Gasteiger partial charge in [-0.1, -0.05) is 48.0 Å². The van der Waals surface area contributed by atoms with E-state index in [1.807, 2.05) is 60.9 Å². The lowest BCUT2D eigenvalue weighted by molar-refractivity contribution is -0.123. The average molecular weight is 556 g/mol. The predicted molar refractivity (Wildman–Crippen MR) is 156 cm³/mol. The summed E-state index contributed by atoms with van der Waals surface area (Å²) in [6.45, 7) is 6.54.